The van der Waals surface area contributed by atoms with E-state index in [1.165, 1.54) is 0 Å². The first-order chi connectivity index (χ1) is 9.89. The first kappa shape index (κ1) is 16.0. The minimum absolute atomic E-state index is 0.0657. The molecule has 21 heavy (non-hydrogen) atoms. The summed E-state index contributed by atoms with van der Waals surface area (Å²) in [4.78, 5) is 0. The van der Waals surface area contributed by atoms with Crippen LogP contribution >= 0.6 is 15.9 Å². The third-order valence-corrected chi connectivity index (χ3v) is 4.82. The fourth-order valence-corrected chi connectivity index (χ4v) is 3.52. The molecule has 0 unspecified atom stereocenters. The summed E-state index contributed by atoms with van der Waals surface area (Å²) in [6, 6.07) is 12.7. The van der Waals surface area contributed by atoms with Gasteiger partial charge in [0.25, 0.3) is 0 Å². The molecule has 112 valence electrons. The van der Waals surface area contributed by atoms with E-state index in [1.54, 1.807) is 18.2 Å². The summed E-state index contributed by atoms with van der Waals surface area (Å²) in [5, 5.41) is 0. The molecule has 0 fully saturated rings. The standard InChI is InChI=1S/C15H17BrN2O2S/c1-11-2-7-14(16)8-15(11)18-21(19,20)10-13-5-3-12(9-17)4-6-13/h2-8,18H,9-10,17H2,1H3. The van der Waals surface area contributed by atoms with Gasteiger partial charge >= 0.3 is 0 Å². The second-order valence-corrected chi connectivity index (χ2v) is 7.48. The van der Waals surface area contributed by atoms with Gasteiger partial charge in [0, 0.05) is 11.0 Å². The van der Waals surface area contributed by atoms with E-state index in [4.69, 9.17) is 5.73 Å². The molecule has 6 heteroatoms. The van der Waals surface area contributed by atoms with Gasteiger partial charge in [-0.25, -0.2) is 8.42 Å². The van der Waals surface area contributed by atoms with E-state index in [0.717, 1.165) is 21.2 Å². The van der Waals surface area contributed by atoms with Gasteiger partial charge in [-0.05, 0) is 35.7 Å². The van der Waals surface area contributed by atoms with Crippen LogP contribution in [0.2, 0.25) is 0 Å². The zero-order chi connectivity index (χ0) is 15.5. The Labute approximate surface area is 133 Å². The highest BCUT2D eigenvalue weighted by atomic mass is 79.9. The minimum Gasteiger partial charge on any atom is -0.326 e. The number of anilines is 1. The molecule has 2 aromatic carbocycles. The Bertz CT molecular complexity index is 728. The number of rotatable bonds is 5. The zero-order valence-electron chi connectivity index (χ0n) is 11.6. The molecule has 2 aromatic rings. The van der Waals surface area contributed by atoms with Gasteiger partial charge < -0.3 is 5.73 Å². The zero-order valence-corrected chi connectivity index (χ0v) is 14.0. The van der Waals surface area contributed by atoms with Crippen LogP contribution in [0.25, 0.3) is 0 Å². The van der Waals surface area contributed by atoms with Gasteiger partial charge in [-0.15, -0.1) is 0 Å². The van der Waals surface area contributed by atoms with Crippen LogP contribution < -0.4 is 10.5 Å². The molecule has 0 saturated heterocycles. The third kappa shape index (κ3) is 4.56. The van der Waals surface area contributed by atoms with E-state index in [0.29, 0.717) is 12.2 Å². The predicted octanol–water partition coefficient (Wildman–Crippen LogP) is 3.16. The molecule has 0 heterocycles. The van der Waals surface area contributed by atoms with Crippen molar-refractivity contribution in [3.05, 3.63) is 63.6 Å². The number of nitrogens with two attached hydrogens (primary N) is 1. The minimum atomic E-state index is -3.45. The van der Waals surface area contributed by atoms with Crippen molar-refractivity contribution < 1.29 is 8.42 Å². The van der Waals surface area contributed by atoms with Gasteiger partial charge in [-0.2, -0.15) is 0 Å². The van der Waals surface area contributed by atoms with Gasteiger partial charge in [0.05, 0.1) is 11.4 Å². The van der Waals surface area contributed by atoms with Crippen LogP contribution in [0.15, 0.2) is 46.9 Å². The largest absolute Gasteiger partial charge is 0.326 e. The number of hydrogen-bond donors (Lipinski definition) is 2. The number of nitrogens with one attached hydrogen (secondary N) is 1. The summed E-state index contributed by atoms with van der Waals surface area (Å²) >= 11 is 3.34. The Morgan fingerprint density at radius 3 is 2.33 bits per heavy atom. The molecule has 0 spiro atoms. The van der Waals surface area contributed by atoms with E-state index < -0.39 is 10.0 Å². The van der Waals surface area contributed by atoms with Crippen molar-refractivity contribution >= 4 is 31.6 Å². The van der Waals surface area contributed by atoms with Crippen LogP contribution in [0.1, 0.15) is 16.7 Å². The van der Waals surface area contributed by atoms with Crippen molar-refractivity contribution in [1.82, 2.24) is 0 Å². The van der Waals surface area contributed by atoms with E-state index in [2.05, 4.69) is 20.7 Å². The summed E-state index contributed by atoms with van der Waals surface area (Å²) in [7, 11) is -3.45. The first-order valence-electron chi connectivity index (χ1n) is 6.44. The Balaban J connectivity index is 2.16. The Morgan fingerprint density at radius 1 is 1.10 bits per heavy atom. The maximum atomic E-state index is 12.2. The van der Waals surface area contributed by atoms with Crippen molar-refractivity contribution in [1.29, 1.82) is 0 Å². The summed E-state index contributed by atoms with van der Waals surface area (Å²) in [6.07, 6.45) is 0. The second kappa shape index (κ2) is 6.60. The molecule has 0 saturated carbocycles. The molecule has 0 amide bonds. The summed E-state index contributed by atoms with van der Waals surface area (Å²) in [6.45, 7) is 2.31. The van der Waals surface area contributed by atoms with Crippen LogP contribution in [0.4, 0.5) is 5.69 Å². The lowest BCUT2D eigenvalue weighted by molar-refractivity contribution is 0.600. The van der Waals surface area contributed by atoms with Crippen molar-refractivity contribution in [2.45, 2.75) is 19.2 Å². The highest BCUT2D eigenvalue weighted by Gasteiger charge is 2.13. The first-order valence-corrected chi connectivity index (χ1v) is 8.89. The van der Waals surface area contributed by atoms with E-state index >= 15 is 0 Å². The molecule has 2 rings (SSSR count). The van der Waals surface area contributed by atoms with Crippen LogP contribution in [-0.4, -0.2) is 8.42 Å². The molecule has 0 bridgehead atoms. The Hall–Kier alpha value is -1.37. The van der Waals surface area contributed by atoms with Crippen molar-refractivity contribution in [3.8, 4) is 0 Å². The monoisotopic (exact) mass is 368 g/mol. The molecular formula is C15H17BrN2O2S. The van der Waals surface area contributed by atoms with Crippen LogP contribution in [0.3, 0.4) is 0 Å². The average molecular weight is 369 g/mol. The lowest BCUT2D eigenvalue weighted by Crippen LogP contribution is -2.15. The summed E-state index contributed by atoms with van der Waals surface area (Å²) in [5.74, 6) is -0.0657. The summed E-state index contributed by atoms with van der Waals surface area (Å²) in [5.41, 5.74) is 8.69. The van der Waals surface area contributed by atoms with Gasteiger partial charge in [-0.3, -0.25) is 4.72 Å². The van der Waals surface area contributed by atoms with E-state index in [9.17, 15) is 8.42 Å². The maximum Gasteiger partial charge on any atom is 0.236 e. The smallest absolute Gasteiger partial charge is 0.236 e. The fourth-order valence-electron chi connectivity index (χ4n) is 1.90. The fraction of sp³-hybridized carbons (Fsp3) is 0.200. The van der Waals surface area contributed by atoms with Gasteiger partial charge in [0.1, 0.15) is 0 Å². The molecule has 0 aliphatic carbocycles. The van der Waals surface area contributed by atoms with E-state index in [-0.39, 0.29) is 5.75 Å². The Kier molecular flexibility index (Phi) is 5.03. The van der Waals surface area contributed by atoms with Gasteiger partial charge in [0.2, 0.25) is 10.0 Å². The van der Waals surface area contributed by atoms with Crippen LogP contribution in [0.5, 0.6) is 0 Å². The molecule has 0 aliphatic rings. The molecule has 3 N–H and O–H groups in total. The second-order valence-electron chi connectivity index (χ2n) is 4.84. The highest BCUT2D eigenvalue weighted by Crippen LogP contribution is 2.22. The lowest BCUT2D eigenvalue weighted by Gasteiger charge is -2.11. The predicted molar refractivity (Wildman–Crippen MR) is 89.5 cm³/mol. The highest BCUT2D eigenvalue weighted by molar-refractivity contribution is 9.10. The molecule has 0 aliphatic heterocycles. The third-order valence-electron chi connectivity index (χ3n) is 3.08. The number of hydrogen-bond acceptors (Lipinski definition) is 3. The molecule has 0 atom stereocenters. The topological polar surface area (TPSA) is 72.2 Å². The summed E-state index contributed by atoms with van der Waals surface area (Å²) < 4.78 is 27.9. The average Bonchev–Trinajstić information content (AvgIpc) is 2.43. The SMILES string of the molecule is Cc1ccc(Br)cc1NS(=O)(=O)Cc1ccc(CN)cc1. The quantitative estimate of drug-likeness (QED) is 0.851. The molecule has 0 radical (unpaired) electrons. The van der Waals surface area contributed by atoms with E-state index in [1.807, 2.05) is 31.2 Å². The van der Waals surface area contributed by atoms with Crippen molar-refractivity contribution in [2.24, 2.45) is 5.73 Å². The van der Waals surface area contributed by atoms with Crippen molar-refractivity contribution in [2.75, 3.05) is 4.72 Å². The number of benzene rings is 2. The molecular weight excluding hydrogens is 352 g/mol. The number of aryl methyl sites for hydroxylation is 1. The number of sulfonamides is 1. The molecule has 0 aromatic heterocycles. The van der Waals surface area contributed by atoms with Crippen molar-refractivity contribution in [3.63, 3.8) is 0 Å². The number of halogens is 1. The maximum absolute atomic E-state index is 12.2. The lowest BCUT2D eigenvalue weighted by atomic mass is 10.1. The van der Waals surface area contributed by atoms with Gasteiger partial charge in [-0.1, -0.05) is 46.3 Å². The van der Waals surface area contributed by atoms with Gasteiger partial charge in [0.15, 0.2) is 0 Å². The Morgan fingerprint density at radius 2 is 1.71 bits per heavy atom. The van der Waals surface area contributed by atoms with Crippen LogP contribution in [-0.2, 0) is 22.3 Å². The van der Waals surface area contributed by atoms with Crippen LogP contribution in [0, 0.1) is 6.92 Å². The molecule has 4 nitrogen and oxygen atoms in total. The normalized spacial score (nSPS) is 11.4.